The highest BCUT2D eigenvalue weighted by Crippen LogP contribution is 2.31. The minimum atomic E-state index is -4.11. The van der Waals surface area contributed by atoms with Gasteiger partial charge in [-0.2, -0.15) is 0 Å². The molecular formula is C21H15ClF2N2O4S. The van der Waals surface area contributed by atoms with E-state index in [0.717, 1.165) is 17.7 Å². The summed E-state index contributed by atoms with van der Waals surface area (Å²) in [6.45, 7) is 0. The van der Waals surface area contributed by atoms with Crippen molar-refractivity contribution >= 4 is 38.9 Å². The Morgan fingerprint density at radius 2 is 1.68 bits per heavy atom. The molecule has 0 spiro atoms. The fourth-order valence-corrected chi connectivity index (χ4v) is 4.33. The van der Waals surface area contributed by atoms with Gasteiger partial charge in [-0.25, -0.2) is 17.2 Å². The molecule has 0 radical (unpaired) electrons. The van der Waals surface area contributed by atoms with Crippen LogP contribution in [0.1, 0.15) is 5.56 Å². The number of carbonyl (C=O) groups is 1. The van der Waals surface area contributed by atoms with Crippen LogP contribution in [0.5, 0.6) is 5.75 Å². The summed E-state index contributed by atoms with van der Waals surface area (Å²) in [7, 11) is -4.11. The zero-order valence-electron chi connectivity index (χ0n) is 15.7. The van der Waals surface area contributed by atoms with E-state index < -0.39 is 32.7 Å². The van der Waals surface area contributed by atoms with E-state index in [2.05, 4.69) is 10.0 Å². The molecule has 0 fully saturated rings. The van der Waals surface area contributed by atoms with Crippen LogP contribution in [0, 0.1) is 11.6 Å². The van der Waals surface area contributed by atoms with Gasteiger partial charge in [0.2, 0.25) is 0 Å². The van der Waals surface area contributed by atoms with Crippen molar-refractivity contribution in [2.24, 2.45) is 0 Å². The maximum atomic E-state index is 13.3. The van der Waals surface area contributed by atoms with Gasteiger partial charge in [-0.15, -0.1) is 0 Å². The lowest BCUT2D eigenvalue weighted by molar-refractivity contribution is -0.122. The predicted molar refractivity (Wildman–Crippen MR) is 112 cm³/mol. The summed E-state index contributed by atoms with van der Waals surface area (Å²) < 4.78 is 58.9. The second-order valence-corrected chi connectivity index (χ2v) is 8.93. The summed E-state index contributed by atoms with van der Waals surface area (Å²) in [5.41, 5.74) is 1.45. The number of halogens is 3. The molecule has 1 aliphatic rings. The Bertz CT molecular complexity index is 1270. The Morgan fingerprint density at radius 3 is 2.39 bits per heavy atom. The van der Waals surface area contributed by atoms with Gasteiger partial charge in [0, 0.05) is 22.8 Å². The molecule has 31 heavy (non-hydrogen) atoms. The Balaban J connectivity index is 1.40. The summed E-state index contributed by atoms with van der Waals surface area (Å²) in [6, 6.07) is 13.3. The van der Waals surface area contributed by atoms with Crippen molar-refractivity contribution in [1.82, 2.24) is 0 Å². The monoisotopic (exact) mass is 464 g/mol. The molecule has 4 rings (SSSR count). The number of ether oxygens (including phenoxy) is 1. The van der Waals surface area contributed by atoms with Crippen molar-refractivity contribution in [2.45, 2.75) is 17.4 Å². The van der Waals surface area contributed by atoms with E-state index in [1.54, 1.807) is 18.2 Å². The van der Waals surface area contributed by atoms with Crippen LogP contribution in [0.15, 0.2) is 65.6 Å². The van der Waals surface area contributed by atoms with Gasteiger partial charge in [0.1, 0.15) is 5.75 Å². The van der Waals surface area contributed by atoms with Crippen molar-refractivity contribution in [1.29, 1.82) is 0 Å². The lowest BCUT2D eigenvalue weighted by Crippen LogP contribution is -2.31. The van der Waals surface area contributed by atoms with E-state index >= 15 is 0 Å². The van der Waals surface area contributed by atoms with Gasteiger partial charge in [-0.05, 0) is 66.2 Å². The molecule has 1 aliphatic heterocycles. The number of fused-ring (bicyclic) bond motifs is 1. The SMILES string of the molecule is O=C(Nc1ccc(NS(=O)(=O)c2ccc(F)c(F)c2)cc1)C1Cc2cc(Cl)ccc2O1. The van der Waals surface area contributed by atoms with Gasteiger partial charge in [-0.1, -0.05) is 11.6 Å². The maximum Gasteiger partial charge on any atom is 0.265 e. The molecule has 0 aromatic heterocycles. The number of anilines is 2. The molecule has 6 nitrogen and oxygen atoms in total. The Morgan fingerprint density at radius 1 is 0.968 bits per heavy atom. The van der Waals surface area contributed by atoms with E-state index in [1.165, 1.54) is 24.3 Å². The third-order valence-electron chi connectivity index (χ3n) is 4.60. The summed E-state index contributed by atoms with van der Waals surface area (Å²) >= 11 is 5.95. The van der Waals surface area contributed by atoms with Crippen LogP contribution >= 0.6 is 11.6 Å². The number of carbonyl (C=O) groups excluding carboxylic acids is 1. The fraction of sp³-hybridized carbons (Fsp3) is 0.0952. The molecule has 1 atom stereocenters. The third-order valence-corrected chi connectivity index (χ3v) is 6.21. The number of rotatable bonds is 5. The molecule has 10 heteroatoms. The van der Waals surface area contributed by atoms with Crippen LogP contribution in [0.4, 0.5) is 20.2 Å². The minimum absolute atomic E-state index is 0.182. The summed E-state index contributed by atoms with van der Waals surface area (Å²) in [4.78, 5) is 12.1. The number of hydrogen-bond donors (Lipinski definition) is 2. The molecular weight excluding hydrogens is 450 g/mol. The van der Waals surface area contributed by atoms with Crippen molar-refractivity contribution in [3.05, 3.63) is 82.9 Å². The molecule has 160 valence electrons. The lowest BCUT2D eigenvalue weighted by Gasteiger charge is -2.12. The second kappa shape index (κ2) is 8.16. The van der Waals surface area contributed by atoms with Crippen LogP contribution < -0.4 is 14.8 Å². The summed E-state index contributed by atoms with van der Waals surface area (Å²) in [6.07, 6.45) is -0.326. The van der Waals surface area contributed by atoms with E-state index in [4.69, 9.17) is 16.3 Å². The molecule has 1 amide bonds. The van der Waals surface area contributed by atoms with Crippen LogP contribution in [0.25, 0.3) is 0 Å². The summed E-state index contributed by atoms with van der Waals surface area (Å²) in [5.74, 6) is -2.16. The number of nitrogens with one attached hydrogen (secondary N) is 2. The van der Waals surface area contributed by atoms with Gasteiger partial charge in [-0.3, -0.25) is 9.52 Å². The largest absolute Gasteiger partial charge is 0.480 e. The molecule has 0 saturated heterocycles. The van der Waals surface area contributed by atoms with Crippen LogP contribution in [0.2, 0.25) is 5.02 Å². The average Bonchev–Trinajstić information content (AvgIpc) is 3.14. The van der Waals surface area contributed by atoms with Gasteiger partial charge in [0.05, 0.1) is 4.90 Å². The average molecular weight is 465 g/mol. The highest BCUT2D eigenvalue weighted by Gasteiger charge is 2.29. The van der Waals surface area contributed by atoms with Crippen LogP contribution in [-0.2, 0) is 21.2 Å². The first-order valence-electron chi connectivity index (χ1n) is 9.05. The molecule has 3 aromatic carbocycles. The zero-order valence-corrected chi connectivity index (χ0v) is 17.3. The van der Waals surface area contributed by atoms with Crippen LogP contribution in [0.3, 0.4) is 0 Å². The number of benzene rings is 3. The molecule has 3 aromatic rings. The number of amides is 1. The van der Waals surface area contributed by atoms with E-state index in [-0.39, 0.29) is 11.6 Å². The standard InChI is InChI=1S/C21H15ClF2N2O4S/c22-13-1-8-19-12(9-13)10-20(30-19)21(27)25-14-2-4-15(5-3-14)26-31(28,29)16-6-7-17(23)18(24)11-16/h1-9,11,20,26H,10H2,(H,25,27). The Kier molecular flexibility index (Phi) is 5.55. The first-order valence-corrected chi connectivity index (χ1v) is 10.9. The predicted octanol–water partition coefficient (Wildman–Crippen LogP) is 4.36. The molecule has 1 unspecified atom stereocenters. The lowest BCUT2D eigenvalue weighted by atomic mass is 10.1. The highest BCUT2D eigenvalue weighted by molar-refractivity contribution is 7.92. The maximum absolute atomic E-state index is 13.3. The van der Waals surface area contributed by atoms with Gasteiger partial charge in [0.15, 0.2) is 17.7 Å². The van der Waals surface area contributed by atoms with E-state index in [0.29, 0.717) is 28.9 Å². The second-order valence-electron chi connectivity index (χ2n) is 6.81. The smallest absolute Gasteiger partial charge is 0.265 e. The van der Waals surface area contributed by atoms with E-state index in [9.17, 15) is 22.0 Å². The molecule has 0 bridgehead atoms. The highest BCUT2D eigenvalue weighted by atomic mass is 35.5. The first-order chi connectivity index (χ1) is 14.7. The Labute approximate surface area is 181 Å². The number of hydrogen-bond acceptors (Lipinski definition) is 4. The molecule has 1 heterocycles. The quantitative estimate of drug-likeness (QED) is 0.587. The first kappa shape index (κ1) is 21.1. The molecule has 0 aliphatic carbocycles. The Hall–Kier alpha value is -3.17. The zero-order chi connectivity index (χ0) is 22.2. The molecule has 0 saturated carbocycles. The minimum Gasteiger partial charge on any atom is -0.480 e. The number of sulfonamides is 1. The molecule has 2 N–H and O–H groups in total. The van der Waals surface area contributed by atoms with Crippen molar-refractivity contribution in [2.75, 3.05) is 10.0 Å². The van der Waals surface area contributed by atoms with Crippen molar-refractivity contribution < 1.29 is 26.7 Å². The summed E-state index contributed by atoms with van der Waals surface area (Å²) in [5, 5.41) is 3.26. The van der Waals surface area contributed by atoms with Gasteiger partial charge in [0.25, 0.3) is 15.9 Å². The topological polar surface area (TPSA) is 84.5 Å². The van der Waals surface area contributed by atoms with Gasteiger partial charge < -0.3 is 10.1 Å². The normalized spacial score (nSPS) is 15.1. The van der Waals surface area contributed by atoms with E-state index in [1.807, 2.05) is 0 Å². The van der Waals surface area contributed by atoms with Crippen molar-refractivity contribution in [3.8, 4) is 5.75 Å². The third kappa shape index (κ3) is 4.62. The van der Waals surface area contributed by atoms with Crippen molar-refractivity contribution in [3.63, 3.8) is 0 Å². The van der Waals surface area contributed by atoms with Crippen LogP contribution in [-0.4, -0.2) is 20.4 Å². The van der Waals surface area contributed by atoms with Gasteiger partial charge >= 0.3 is 0 Å². The fourth-order valence-electron chi connectivity index (χ4n) is 3.07.